The second-order valence-electron chi connectivity index (χ2n) is 7.17. The van der Waals surface area contributed by atoms with Crippen molar-refractivity contribution >= 4 is 41.5 Å². The number of rotatable bonds is 3. The van der Waals surface area contributed by atoms with Crippen molar-refractivity contribution in [1.29, 1.82) is 0 Å². The summed E-state index contributed by atoms with van der Waals surface area (Å²) < 4.78 is 0. The molecule has 3 aliphatic rings. The van der Waals surface area contributed by atoms with Crippen molar-refractivity contribution in [3.8, 4) is 0 Å². The van der Waals surface area contributed by atoms with Gasteiger partial charge >= 0.3 is 0 Å². The van der Waals surface area contributed by atoms with Crippen LogP contribution in [0.2, 0.25) is 5.02 Å². The molecule has 1 aromatic rings. The summed E-state index contributed by atoms with van der Waals surface area (Å²) in [6.45, 7) is 0.409. The van der Waals surface area contributed by atoms with Crippen molar-refractivity contribution in [2.24, 2.45) is 5.92 Å². The van der Waals surface area contributed by atoms with E-state index in [1.807, 2.05) is 18.2 Å². The van der Waals surface area contributed by atoms with E-state index in [0.29, 0.717) is 29.3 Å². The van der Waals surface area contributed by atoms with Crippen LogP contribution in [-0.4, -0.2) is 36.5 Å². The van der Waals surface area contributed by atoms with E-state index in [1.165, 1.54) is 12.8 Å². The summed E-state index contributed by atoms with van der Waals surface area (Å²) >= 11 is 6.19. The highest BCUT2D eigenvalue weighted by Gasteiger charge is 2.38. The molecule has 1 aromatic carbocycles. The first-order chi connectivity index (χ1) is 11.6. The van der Waals surface area contributed by atoms with Crippen LogP contribution >= 0.6 is 24.0 Å². The molecule has 25 heavy (non-hydrogen) atoms. The molecule has 0 saturated carbocycles. The van der Waals surface area contributed by atoms with Crippen LogP contribution in [0.4, 0.5) is 5.69 Å². The maximum atomic E-state index is 12.6. The molecule has 2 amide bonds. The minimum atomic E-state index is -0.290. The van der Waals surface area contributed by atoms with Crippen LogP contribution in [0, 0.1) is 5.92 Å². The number of para-hydroxylation sites is 1. The molecule has 3 heterocycles. The minimum Gasteiger partial charge on any atom is -0.353 e. The average Bonchev–Trinajstić information content (AvgIpc) is 3.10. The van der Waals surface area contributed by atoms with Crippen molar-refractivity contribution in [2.45, 2.75) is 50.2 Å². The van der Waals surface area contributed by atoms with Crippen LogP contribution in [0.5, 0.6) is 0 Å². The van der Waals surface area contributed by atoms with Gasteiger partial charge in [-0.3, -0.25) is 9.59 Å². The number of anilines is 1. The first kappa shape index (κ1) is 18.5. The highest BCUT2D eigenvalue weighted by molar-refractivity contribution is 6.33. The topological polar surface area (TPSA) is 61.4 Å². The standard InChI is InChI=1S/C18H22ClN3O2.ClH/c19-15-3-1-2-4-16(15)22-10-11(7-17(22)23)18(24)21-14-8-12-5-6-13(9-14)20-12;/h1-4,11-14,20H,5-10H2,(H,21,24);1H. The van der Waals surface area contributed by atoms with Crippen molar-refractivity contribution in [2.75, 3.05) is 11.4 Å². The summed E-state index contributed by atoms with van der Waals surface area (Å²) in [4.78, 5) is 26.6. The molecule has 4 rings (SSSR count). The minimum absolute atomic E-state index is 0. The van der Waals surface area contributed by atoms with Gasteiger partial charge in [0.05, 0.1) is 16.6 Å². The van der Waals surface area contributed by atoms with Gasteiger partial charge in [-0.2, -0.15) is 0 Å². The van der Waals surface area contributed by atoms with Crippen LogP contribution in [0.25, 0.3) is 0 Å². The Balaban J connectivity index is 0.00000182. The van der Waals surface area contributed by atoms with E-state index in [9.17, 15) is 9.59 Å². The number of hydrogen-bond acceptors (Lipinski definition) is 3. The highest BCUT2D eigenvalue weighted by atomic mass is 35.5. The number of hydrogen-bond donors (Lipinski definition) is 2. The summed E-state index contributed by atoms with van der Waals surface area (Å²) in [6.07, 6.45) is 4.67. The molecule has 3 atom stereocenters. The Bertz CT molecular complexity index is 657. The van der Waals surface area contributed by atoms with E-state index >= 15 is 0 Å². The fourth-order valence-corrected chi connectivity index (χ4v) is 4.52. The van der Waals surface area contributed by atoms with E-state index in [4.69, 9.17) is 11.6 Å². The molecule has 3 saturated heterocycles. The zero-order chi connectivity index (χ0) is 16.7. The lowest BCUT2D eigenvalue weighted by molar-refractivity contribution is -0.127. The van der Waals surface area contributed by atoms with Gasteiger partial charge < -0.3 is 15.5 Å². The molecular formula is C18H23Cl2N3O2. The summed E-state index contributed by atoms with van der Waals surface area (Å²) in [6, 6.07) is 8.60. The van der Waals surface area contributed by atoms with Gasteiger partial charge in [-0.05, 0) is 37.8 Å². The Morgan fingerprint density at radius 1 is 1.20 bits per heavy atom. The normalized spacial score (nSPS) is 30.9. The molecule has 5 nitrogen and oxygen atoms in total. The van der Waals surface area contributed by atoms with E-state index < -0.39 is 0 Å². The second-order valence-corrected chi connectivity index (χ2v) is 7.58. The largest absolute Gasteiger partial charge is 0.353 e. The Morgan fingerprint density at radius 2 is 1.88 bits per heavy atom. The number of piperidine rings is 1. The van der Waals surface area contributed by atoms with Gasteiger partial charge in [0.2, 0.25) is 11.8 Å². The maximum absolute atomic E-state index is 12.6. The lowest BCUT2D eigenvalue weighted by Gasteiger charge is -2.30. The Morgan fingerprint density at radius 3 is 2.56 bits per heavy atom. The SMILES string of the molecule is Cl.O=C(NC1CC2CCC(C1)N2)C1CC(=O)N(c2ccccc2Cl)C1. The van der Waals surface area contributed by atoms with Gasteiger partial charge in [-0.1, -0.05) is 23.7 Å². The van der Waals surface area contributed by atoms with Gasteiger partial charge in [-0.15, -0.1) is 12.4 Å². The molecule has 2 N–H and O–H groups in total. The third kappa shape index (κ3) is 3.78. The number of nitrogens with one attached hydrogen (secondary N) is 2. The van der Waals surface area contributed by atoms with Crippen molar-refractivity contribution in [1.82, 2.24) is 10.6 Å². The molecule has 2 bridgehead atoms. The average molecular weight is 384 g/mol. The molecule has 7 heteroatoms. The Labute approximate surface area is 158 Å². The van der Waals surface area contributed by atoms with Crippen LogP contribution in [0.3, 0.4) is 0 Å². The zero-order valence-electron chi connectivity index (χ0n) is 13.9. The van der Waals surface area contributed by atoms with E-state index in [1.54, 1.807) is 11.0 Å². The number of amides is 2. The lowest BCUT2D eigenvalue weighted by Crippen LogP contribution is -2.49. The Kier molecular flexibility index (Phi) is 5.56. The van der Waals surface area contributed by atoms with Gasteiger partial charge in [-0.25, -0.2) is 0 Å². The molecule has 3 aliphatic heterocycles. The summed E-state index contributed by atoms with van der Waals surface area (Å²) in [5.41, 5.74) is 0.694. The number of fused-ring (bicyclic) bond motifs is 2. The smallest absolute Gasteiger partial charge is 0.227 e. The summed E-state index contributed by atoms with van der Waals surface area (Å²) in [7, 11) is 0. The number of benzene rings is 1. The van der Waals surface area contributed by atoms with E-state index in [0.717, 1.165) is 12.8 Å². The van der Waals surface area contributed by atoms with Crippen molar-refractivity contribution < 1.29 is 9.59 Å². The molecular weight excluding hydrogens is 361 g/mol. The van der Waals surface area contributed by atoms with Crippen molar-refractivity contribution in [3.05, 3.63) is 29.3 Å². The maximum Gasteiger partial charge on any atom is 0.227 e. The molecule has 3 unspecified atom stereocenters. The highest BCUT2D eigenvalue weighted by Crippen LogP contribution is 2.32. The second kappa shape index (κ2) is 7.52. The van der Waals surface area contributed by atoms with Crippen LogP contribution in [0.15, 0.2) is 24.3 Å². The number of nitrogens with zero attached hydrogens (tertiary/aromatic N) is 1. The number of carbonyl (C=O) groups is 2. The van der Waals surface area contributed by atoms with Gasteiger partial charge in [0.25, 0.3) is 0 Å². The van der Waals surface area contributed by atoms with Crippen molar-refractivity contribution in [3.63, 3.8) is 0 Å². The first-order valence-corrected chi connectivity index (χ1v) is 9.09. The summed E-state index contributed by atoms with van der Waals surface area (Å²) in [5, 5.41) is 7.30. The predicted octanol–water partition coefficient (Wildman–Crippen LogP) is 2.51. The summed E-state index contributed by atoms with van der Waals surface area (Å²) in [5.74, 6) is -0.320. The quantitative estimate of drug-likeness (QED) is 0.842. The van der Waals surface area contributed by atoms with Gasteiger partial charge in [0, 0.05) is 31.1 Å². The molecule has 0 radical (unpaired) electrons. The van der Waals surface area contributed by atoms with Crippen LogP contribution in [0.1, 0.15) is 32.1 Å². The Hall–Kier alpha value is -1.30. The zero-order valence-corrected chi connectivity index (χ0v) is 15.5. The van der Waals surface area contributed by atoms with Gasteiger partial charge in [0.15, 0.2) is 0 Å². The third-order valence-electron chi connectivity index (χ3n) is 5.46. The fraction of sp³-hybridized carbons (Fsp3) is 0.556. The van der Waals surface area contributed by atoms with E-state index in [2.05, 4.69) is 10.6 Å². The van der Waals surface area contributed by atoms with E-state index in [-0.39, 0.29) is 42.6 Å². The first-order valence-electron chi connectivity index (χ1n) is 8.71. The number of halogens is 2. The van der Waals surface area contributed by atoms with Gasteiger partial charge in [0.1, 0.15) is 0 Å². The predicted molar refractivity (Wildman–Crippen MR) is 100 cm³/mol. The third-order valence-corrected chi connectivity index (χ3v) is 5.78. The molecule has 136 valence electrons. The fourth-order valence-electron chi connectivity index (χ4n) is 4.28. The van der Waals surface area contributed by atoms with Crippen LogP contribution in [-0.2, 0) is 9.59 Å². The lowest BCUT2D eigenvalue weighted by atomic mass is 9.98. The molecule has 0 aliphatic carbocycles. The molecule has 0 aromatic heterocycles. The molecule has 0 spiro atoms. The van der Waals surface area contributed by atoms with Crippen LogP contribution < -0.4 is 15.5 Å². The monoisotopic (exact) mass is 383 g/mol. The molecule has 3 fully saturated rings. The number of carbonyl (C=O) groups excluding carboxylic acids is 2.